The van der Waals surface area contributed by atoms with Gasteiger partial charge in [0.1, 0.15) is 0 Å². The van der Waals surface area contributed by atoms with E-state index in [2.05, 4.69) is 25.9 Å². The molecular weight excluding hydrogens is 242 g/mol. The van der Waals surface area contributed by atoms with Crippen LogP contribution in [0.1, 0.15) is 55.7 Å². The molecule has 1 fully saturated rings. The summed E-state index contributed by atoms with van der Waals surface area (Å²) >= 11 is 0. The van der Waals surface area contributed by atoms with Gasteiger partial charge in [-0.1, -0.05) is 0 Å². The quantitative estimate of drug-likeness (QED) is 0.899. The zero-order valence-electron chi connectivity index (χ0n) is 12.2. The van der Waals surface area contributed by atoms with Crippen LogP contribution in [0.4, 0.5) is 0 Å². The van der Waals surface area contributed by atoms with Crippen molar-refractivity contribution in [3.63, 3.8) is 0 Å². The van der Waals surface area contributed by atoms with Crippen molar-refractivity contribution in [1.29, 1.82) is 0 Å². The van der Waals surface area contributed by atoms with Crippen molar-refractivity contribution in [2.24, 2.45) is 0 Å². The molecule has 0 radical (unpaired) electrons. The van der Waals surface area contributed by atoms with Crippen LogP contribution < -0.4 is 0 Å². The molecule has 0 aliphatic heterocycles. The van der Waals surface area contributed by atoms with E-state index in [4.69, 9.17) is 5.11 Å². The fourth-order valence-electron chi connectivity index (χ4n) is 2.15. The second-order valence-corrected chi connectivity index (χ2v) is 6.26. The molecule has 0 atom stereocenters. The van der Waals surface area contributed by atoms with Crippen molar-refractivity contribution in [2.75, 3.05) is 20.2 Å². The van der Waals surface area contributed by atoms with Gasteiger partial charge in [-0.25, -0.2) is 0 Å². The number of aliphatic hydroxyl groups is 1. The summed E-state index contributed by atoms with van der Waals surface area (Å²) in [6, 6.07) is 1.92. The van der Waals surface area contributed by atoms with Crippen molar-refractivity contribution >= 4 is 5.91 Å². The van der Waals surface area contributed by atoms with Gasteiger partial charge in [0.2, 0.25) is 0 Å². The maximum absolute atomic E-state index is 12.2. The van der Waals surface area contributed by atoms with Crippen LogP contribution in [0.15, 0.2) is 6.07 Å². The highest BCUT2D eigenvalue weighted by Crippen LogP contribution is 2.41. The molecule has 1 aliphatic rings. The smallest absolute Gasteiger partial charge is 0.274 e. The van der Waals surface area contributed by atoms with Crippen molar-refractivity contribution in [3.05, 3.63) is 17.5 Å². The minimum atomic E-state index is -0.126. The van der Waals surface area contributed by atoms with Gasteiger partial charge < -0.3 is 10.0 Å². The van der Waals surface area contributed by atoms with Crippen molar-refractivity contribution < 1.29 is 9.90 Å². The first-order valence-corrected chi connectivity index (χ1v) is 6.81. The Kier molecular flexibility index (Phi) is 3.67. The summed E-state index contributed by atoms with van der Waals surface area (Å²) in [7, 11) is 1.69. The molecule has 0 unspecified atom stereocenters. The topological polar surface area (TPSA) is 58.4 Å². The Bertz CT molecular complexity index is 470. The Morgan fingerprint density at radius 3 is 2.63 bits per heavy atom. The van der Waals surface area contributed by atoms with Crippen LogP contribution in [0.3, 0.4) is 0 Å². The highest BCUT2D eigenvalue weighted by Gasteiger charge is 2.32. The monoisotopic (exact) mass is 265 g/mol. The van der Waals surface area contributed by atoms with Crippen molar-refractivity contribution in [1.82, 2.24) is 14.7 Å². The Hall–Kier alpha value is -1.36. The molecule has 2 rings (SSSR count). The van der Waals surface area contributed by atoms with E-state index in [1.165, 1.54) is 17.7 Å². The molecule has 1 heterocycles. The number of carbonyl (C=O) groups excluding carboxylic acids is 1. The molecule has 1 saturated carbocycles. The Labute approximate surface area is 114 Å². The van der Waals surface area contributed by atoms with Crippen molar-refractivity contribution in [2.45, 2.75) is 45.1 Å². The molecule has 106 valence electrons. The summed E-state index contributed by atoms with van der Waals surface area (Å²) in [4.78, 5) is 13.7. The van der Waals surface area contributed by atoms with Crippen LogP contribution in [0.2, 0.25) is 0 Å². The summed E-state index contributed by atoms with van der Waals surface area (Å²) in [6.07, 6.45) is 2.36. The highest BCUT2D eigenvalue weighted by atomic mass is 16.3. The average molecular weight is 265 g/mol. The summed E-state index contributed by atoms with van der Waals surface area (Å²) in [5.41, 5.74) is 1.52. The van der Waals surface area contributed by atoms with Gasteiger partial charge in [0.05, 0.1) is 12.1 Å². The molecule has 0 saturated heterocycles. The van der Waals surface area contributed by atoms with E-state index in [0.717, 1.165) is 5.69 Å². The summed E-state index contributed by atoms with van der Waals surface area (Å²) < 4.78 is 1.98. The largest absolute Gasteiger partial charge is 0.395 e. The lowest BCUT2D eigenvalue weighted by Crippen LogP contribution is -2.30. The lowest BCUT2D eigenvalue weighted by molar-refractivity contribution is 0.0759. The predicted molar refractivity (Wildman–Crippen MR) is 73.2 cm³/mol. The fraction of sp³-hybridized carbons (Fsp3) is 0.714. The number of likely N-dealkylation sites (N-methyl/N-ethyl adjacent to an activating group) is 1. The first-order chi connectivity index (χ1) is 8.84. The SMILES string of the molecule is CN(CCO)C(=O)c1cc(C2CC2)n(C(C)(C)C)n1. The maximum Gasteiger partial charge on any atom is 0.274 e. The van der Waals surface area contributed by atoms with E-state index >= 15 is 0 Å². The van der Waals surface area contributed by atoms with Gasteiger partial charge >= 0.3 is 0 Å². The Balaban J connectivity index is 2.30. The zero-order chi connectivity index (χ0) is 14.2. The molecule has 1 amide bonds. The van der Waals surface area contributed by atoms with Gasteiger partial charge in [0.15, 0.2) is 5.69 Å². The van der Waals surface area contributed by atoms with Gasteiger partial charge in [-0.15, -0.1) is 0 Å². The van der Waals surface area contributed by atoms with Crippen molar-refractivity contribution in [3.8, 4) is 0 Å². The number of amides is 1. The number of hydrogen-bond acceptors (Lipinski definition) is 3. The van der Waals surface area contributed by atoms with Crippen LogP contribution in [0.5, 0.6) is 0 Å². The lowest BCUT2D eigenvalue weighted by Gasteiger charge is -2.22. The summed E-state index contributed by atoms with van der Waals surface area (Å²) in [6.45, 7) is 6.59. The van der Waals surface area contributed by atoms with E-state index in [1.807, 2.05) is 10.7 Å². The van der Waals surface area contributed by atoms with Gasteiger partial charge in [0, 0.05) is 25.2 Å². The van der Waals surface area contributed by atoms with Gasteiger partial charge in [-0.3, -0.25) is 9.48 Å². The fourth-order valence-corrected chi connectivity index (χ4v) is 2.15. The number of aromatic nitrogens is 2. The summed E-state index contributed by atoms with van der Waals surface area (Å²) in [5, 5.41) is 13.4. The Morgan fingerprint density at radius 2 is 2.16 bits per heavy atom. The van der Waals surface area contributed by atoms with Gasteiger partial charge in [-0.05, 0) is 39.7 Å². The highest BCUT2D eigenvalue weighted by molar-refractivity contribution is 5.92. The predicted octanol–water partition coefficient (Wildman–Crippen LogP) is 1.58. The van der Waals surface area contributed by atoms with Crippen LogP contribution in [0, 0.1) is 0 Å². The molecule has 1 aliphatic carbocycles. The molecule has 1 aromatic rings. The molecule has 5 nitrogen and oxygen atoms in total. The van der Waals surface area contributed by atoms with Crippen LogP contribution in [-0.4, -0.2) is 45.9 Å². The van der Waals surface area contributed by atoms with E-state index < -0.39 is 0 Å². The second-order valence-electron chi connectivity index (χ2n) is 6.26. The van der Waals surface area contributed by atoms with Crippen LogP contribution >= 0.6 is 0 Å². The number of aliphatic hydroxyl groups excluding tert-OH is 1. The van der Waals surface area contributed by atoms with E-state index in [-0.39, 0.29) is 18.1 Å². The normalized spacial score (nSPS) is 15.6. The minimum Gasteiger partial charge on any atom is -0.395 e. The molecule has 19 heavy (non-hydrogen) atoms. The minimum absolute atomic E-state index is 0.0301. The third kappa shape index (κ3) is 2.97. The number of hydrogen-bond donors (Lipinski definition) is 1. The molecule has 5 heteroatoms. The van der Waals surface area contributed by atoms with E-state index in [1.54, 1.807) is 7.05 Å². The Morgan fingerprint density at radius 1 is 1.53 bits per heavy atom. The number of carbonyl (C=O) groups is 1. The van der Waals surface area contributed by atoms with Gasteiger partial charge in [0.25, 0.3) is 5.91 Å². The molecule has 1 aromatic heterocycles. The first kappa shape index (κ1) is 14.1. The van der Waals surface area contributed by atoms with E-state index in [9.17, 15) is 4.79 Å². The van der Waals surface area contributed by atoms with Crippen LogP contribution in [-0.2, 0) is 5.54 Å². The molecule has 0 bridgehead atoms. The molecule has 0 aromatic carbocycles. The molecule has 1 N–H and O–H groups in total. The maximum atomic E-state index is 12.2. The zero-order valence-corrected chi connectivity index (χ0v) is 12.2. The second kappa shape index (κ2) is 4.96. The summed E-state index contributed by atoms with van der Waals surface area (Å²) in [5.74, 6) is 0.426. The van der Waals surface area contributed by atoms with Crippen LogP contribution in [0.25, 0.3) is 0 Å². The standard InChI is InChI=1S/C14H23N3O2/c1-14(2,3)17-12(10-5-6-10)9-11(15-17)13(19)16(4)7-8-18/h9-10,18H,5-8H2,1-4H3. The average Bonchev–Trinajstić information content (AvgIpc) is 3.06. The lowest BCUT2D eigenvalue weighted by atomic mass is 10.1. The van der Waals surface area contributed by atoms with E-state index in [0.29, 0.717) is 18.2 Å². The van der Waals surface area contributed by atoms with Gasteiger partial charge in [-0.2, -0.15) is 5.10 Å². The first-order valence-electron chi connectivity index (χ1n) is 6.81. The molecular formula is C14H23N3O2. The molecule has 0 spiro atoms. The third-order valence-electron chi connectivity index (χ3n) is 3.37. The number of nitrogens with zero attached hydrogens (tertiary/aromatic N) is 3. The third-order valence-corrected chi connectivity index (χ3v) is 3.37. The number of rotatable bonds is 4.